The number of piperazine rings is 1. The van der Waals surface area contributed by atoms with E-state index in [0.717, 1.165) is 13.1 Å². The molecule has 0 saturated carbocycles. The number of carboxylic acids is 1. The van der Waals surface area contributed by atoms with E-state index in [1.54, 1.807) is 17.1 Å². The number of hydrogen-bond donors (Lipinski definition) is 2. The number of aromatic carboxylic acids is 1. The molecule has 21 heavy (non-hydrogen) atoms. The van der Waals surface area contributed by atoms with E-state index in [1.165, 1.54) is 12.1 Å². The number of nitrogens with zero attached hydrogens (tertiary/aromatic N) is 2. The van der Waals surface area contributed by atoms with Crippen LogP contribution in [0.5, 0.6) is 0 Å². The molecule has 0 aromatic heterocycles. The summed E-state index contributed by atoms with van der Waals surface area (Å²) in [6.45, 7) is 2.86. The summed E-state index contributed by atoms with van der Waals surface area (Å²) < 4.78 is 24.2. The molecular weight excluding hydrogens is 294 g/mol. The molecule has 0 unspecified atom stereocenters. The molecule has 0 spiro atoms. The van der Waals surface area contributed by atoms with Gasteiger partial charge in [-0.15, -0.1) is 4.83 Å². The molecule has 0 amide bonds. The minimum Gasteiger partial charge on any atom is -0.478 e. The number of likely N-dealkylation sites (N-methyl/N-ethyl adjacent to an activating group) is 1. The first-order valence-electron chi connectivity index (χ1n) is 6.61. The fraction of sp³-hybridized carbons (Fsp3) is 0.462. The molecule has 8 heteroatoms. The Labute approximate surface area is 124 Å². The molecule has 0 radical (unpaired) electrons. The summed E-state index contributed by atoms with van der Waals surface area (Å²) in [4.78, 5) is 15.6. The molecule has 0 atom stereocenters. The highest BCUT2D eigenvalue weighted by Gasteiger charge is 2.20. The van der Waals surface area contributed by atoms with Gasteiger partial charge in [0.05, 0.1) is 11.3 Å². The third-order valence-corrected chi connectivity index (χ3v) is 4.55. The Kier molecular flexibility index (Phi) is 4.94. The van der Waals surface area contributed by atoms with E-state index in [0.29, 0.717) is 18.7 Å². The smallest absolute Gasteiger partial charge is 0.335 e. The van der Waals surface area contributed by atoms with Gasteiger partial charge in [-0.3, -0.25) is 0 Å². The summed E-state index contributed by atoms with van der Waals surface area (Å²) in [5.74, 6) is -1.30. The van der Waals surface area contributed by atoms with E-state index < -0.39 is 16.0 Å². The Morgan fingerprint density at radius 1 is 1.29 bits per heavy atom. The lowest BCUT2D eigenvalue weighted by atomic mass is 10.1. The van der Waals surface area contributed by atoms with Crippen LogP contribution in [0.1, 0.15) is 15.9 Å². The van der Waals surface area contributed by atoms with E-state index in [1.807, 2.05) is 7.05 Å². The first kappa shape index (κ1) is 15.9. The summed E-state index contributed by atoms with van der Waals surface area (Å²) in [5, 5.41) is 10.6. The second-order valence-corrected chi connectivity index (χ2v) is 6.85. The van der Waals surface area contributed by atoms with Crippen LogP contribution in [0.15, 0.2) is 24.3 Å². The second-order valence-electron chi connectivity index (χ2n) is 5.15. The van der Waals surface area contributed by atoms with Gasteiger partial charge < -0.3 is 10.0 Å². The molecule has 1 aromatic carbocycles. The van der Waals surface area contributed by atoms with E-state index in [4.69, 9.17) is 5.11 Å². The van der Waals surface area contributed by atoms with Gasteiger partial charge >= 0.3 is 5.97 Å². The zero-order valence-corrected chi connectivity index (χ0v) is 12.6. The van der Waals surface area contributed by atoms with Crippen molar-refractivity contribution in [2.45, 2.75) is 5.75 Å². The summed E-state index contributed by atoms with van der Waals surface area (Å²) in [6.07, 6.45) is 0. The fourth-order valence-electron chi connectivity index (χ4n) is 2.14. The zero-order valence-electron chi connectivity index (χ0n) is 11.8. The van der Waals surface area contributed by atoms with E-state index in [9.17, 15) is 13.2 Å². The Bertz CT molecular complexity index is 610. The fourth-order valence-corrected chi connectivity index (χ4v) is 3.40. The third kappa shape index (κ3) is 4.78. The average molecular weight is 313 g/mol. The van der Waals surface area contributed by atoms with Gasteiger partial charge in [0.1, 0.15) is 0 Å². The number of hydrogen-bond acceptors (Lipinski definition) is 5. The average Bonchev–Trinajstić information content (AvgIpc) is 2.41. The van der Waals surface area contributed by atoms with Crippen molar-refractivity contribution in [1.29, 1.82) is 0 Å². The highest BCUT2D eigenvalue weighted by atomic mass is 32.2. The second kappa shape index (κ2) is 6.52. The summed E-state index contributed by atoms with van der Waals surface area (Å²) in [7, 11) is -1.54. The van der Waals surface area contributed by atoms with Crippen LogP contribution in [0.3, 0.4) is 0 Å². The van der Waals surface area contributed by atoms with Gasteiger partial charge in [0, 0.05) is 26.2 Å². The lowest BCUT2D eigenvalue weighted by molar-refractivity contribution is 0.0696. The first-order chi connectivity index (χ1) is 9.85. The highest BCUT2D eigenvalue weighted by Crippen LogP contribution is 2.09. The van der Waals surface area contributed by atoms with E-state index in [2.05, 4.69) is 9.73 Å². The molecule has 116 valence electrons. The van der Waals surface area contributed by atoms with Crippen LogP contribution in [0.2, 0.25) is 0 Å². The number of hydrazine groups is 1. The maximum atomic E-state index is 12.1. The Morgan fingerprint density at radius 3 is 2.57 bits per heavy atom. The third-order valence-electron chi connectivity index (χ3n) is 3.30. The lowest BCUT2D eigenvalue weighted by Gasteiger charge is -2.32. The predicted molar refractivity (Wildman–Crippen MR) is 78.2 cm³/mol. The molecule has 1 aromatic rings. The van der Waals surface area contributed by atoms with Crippen LogP contribution in [-0.2, 0) is 15.8 Å². The number of benzene rings is 1. The highest BCUT2D eigenvalue weighted by molar-refractivity contribution is 7.88. The normalized spacial score (nSPS) is 17.8. The number of sulfonamides is 1. The van der Waals surface area contributed by atoms with Crippen molar-refractivity contribution in [3.63, 3.8) is 0 Å². The maximum Gasteiger partial charge on any atom is 0.335 e. The van der Waals surface area contributed by atoms with Gasteiger partial charge in [-0.1, -0.05) is 12.1 Å². The molecule has 0 bridgehead atoms. The topological polar surface area (TPSA) is 90.0 Å². The minimum atomic E-state index is -3.53. The minimum absolute atomic E-state index is 0.0855. The molecular formula is C13H19N3O4S. The molecule has 2 N–H and O–H groups in total. The molecule has 7 nitrogen and oxygen atoms in total. The number of nitrogens with one attached hydrogen (secondary N) is 1. The van der Waals surface area contributed by atoms with Crippen molar-refractivity contribution in [1.82, 2.24) is 14.7 Å². The van der Waals surface area contributed by atoms with Gasteiger partial charge in [-0.25, -0.2) is 18.2 Å². The maximum absolute atomic E-state index is 12.1. The Balaban J connectivity index is 2.00. The standard InChI is InChI=1S/C13H19N3O4S/c1-15-5-7-16(8-6-15)14-21(19,20)10-11-3-2-4-12(9-11)13(17)18/h2-4,9,14H,5-8,10H2,1H3,(H,17,18). The quantitative estimate of drug-likeness (QED) is 0.793. The number of carbonyl (C=O) groups is 1. The molecule has 1 saturated heterocycles. The summed E-state index contributed by atoms with van der Waals surface area (Å²) in [6, 6.07) is 5.97. The van der Waals surface area contributed by atoms with Gasteiger partial charge in [0.2, 0.25) is 10.0 Å². The lowest BCUT2D eigenvalue weighted by Crippen LogP contribution is -2.52. The van der Waals surface area contributed by atoms with Crippen molar-refractivity contribution in [2.75, 3.05) is 33.2 Å². The van der Waals surface area contributed by atoms with E-state index >= 15 is 0 Å². The first-order valence-corrected chi connectivity index (χ1v) is 8.27. The van der Waals surface area contributed by atoms with Crippen molar-refractivity contribution in [3.05, 3.63) is 35.4 Å². The van der Waals surface area contributed by atoms with Crippen LogP contribution in [-0.4, -0.2) is 62.6 Å². The van der Waals surface area contributed by atoms with Gasteiger partial charge in [0.25, 0.3) is 0 Å². The van der Waals surface area contributed by atoms with Crippen molar-refractivity contribution in [2.24, 2.45) is 0 Å². The van der Waals surface area contributed by atoms with Crippen LogP contribution in [0.25, 0.3) is 0 Å². The molecule has 1 fully saturated rings. The van der Waals surface area contributed by atoms with Crippen LogP contribution in [0.4, 0.5) is 0 Å². The van der Waals surface area contributed by atoms with Gasteiger partial charge in [0.15, 0.2) is 0 Å². The summed E-state index contributed by atoms with van der Waals surface area (Å²) in [5.41, 5.74) is 0.541. The molecule has 2 rings (SSSR count). The largest absolute Gasteiger partial charge is 0.478 e. The van der Waals surface area contributed by atoms with Crippen LogP contribution < -0.4 is 4.83 Å². The van der Waals surface area contributed by atoms with Gasteiger partial charge in [-0.2, -0.15) is 0 Å². The predicted octanol–water partition coefficient (Wildman–Crippen LogP) is -0.0334. The molecule has 1 aliphatic rings. The molecule has 1 heterocycles. The Hall–Kier alpha value is -1.48. The van der Waals surface area contributed by atoms with Crippen molar-refractivity contribution >= 4 is 16.0 Å². The SMILES string of the molecule is CN1CCN(NS(=O)(=O)Cc2cccc(C(=O)O)c2)CC1. The Morgan fingerprint density at radius 2 is 1.95 bits per heavy atom. The van der Waals surface area contributed by atoms with Crippen molar-refractivity contribution < 1.29 is 18.3 Å². The summed E-state index contributed by atoms with van der Waals surface area (Å²) >= 11 is 0. The van der Waals surface area contributed by atoms with Gasteiger partial charge in [-0.05, 0) is 24.7 Å². The number of rotatable bonds is 5. The monoisotopic (exact) mass is 313 g/mol. The molecule has 0 aliphatic carbocycles. The van der Waals surface area contributed by atoms with E-state index in [-0.39, 0.29) is 11.3 Å². The van der Waals surface area contributed by atoms with Crippen LogP contribution in [0, 0.1) is 0 Å². The van der Waals surface area contributed by atoms with Crippen LogP contribution >= 0.6 is 0 Å². The molecule has 1 aliphatic heterocycles. The van der Waals surface area contributed by atoms with Crippen molar-refractivity contribution in [3.8, 4) is 0 Å². The number of carboxylic acid groups (broad SMARTS) is 1. The zero-order chi connectivity index (χ0) is 15.5.